The van der Waals surface area contributed by atoms with E-state index in [1.54, 1.807) is 32.6 Å². The van der Waals surface area contributed by atoms with Crippen molar-refractivity contribution >= 4 is 39.9 Å². The Morgan fingerprint density at radius 1 is 0.912 bits per heavy atom. The number of nitrogens with zero attached hydrogens (tertiary/aromatic N) is 5. The molecule has 6 rings (SSSR count). The lowest BCUT2D eigenvalue weighted by Crippen LogP contribution is -2.51. The standard InChI is InChI=1S/C50H68N7O9PSi/c1-32(2)45(58)54-48-53-44-41(46(59)55-48)52-31-56(44)47-43(65-67(63-29-17-28-51)57(33(3)4)34(5)6)42(66-68(12,13)49(7,8)9)40(64-47)30-62-50(35-18-15-14-16-19-35,36-20-24-38(60-10)25-21-36)37-22-26-39(61-11)27-23-37/h14-16,18-27,31-34,40,42-43,47H,17,29-30H2,1-13H3,(H2,53,54,55,58,59). The molecule has 1 aliphatic heterocycles. The third-order valence-corrected chi connectivity index (χ3v) is 19.1. The van der Waals surface area contributed by atoms with Gasteiger partial charge in [0.15, 0.2) is 25.7 Å². The molecule has 2 aromatic heterocycles. The van der Waals surface area contributed by atoms with Gasteiger partial charge in [-0.3, -0.25) is 24.5 Å². The highest BCUT2D eigenvalue weighted by atomic mass is 31.2. The van der Waals surface area contributed by atoms with Gasteiger partial charge in [-0.15, -0.1) is 0 Å². The van der Waals surface area contributed by atoms with Gasteiger partial charge in [0.1, 0.15) is 35.4 Å². The molecule has 5 aromatic rings. The van der Waals surface area contributed by atoms with Crippen molar-refractivity contribution in [2.75, 3.05) is 32.8 Å². The van der Waals surface area contributed by atoms with Crippen molar-refractivity contribution in [3.05, 3.63) is 112 Å². The zero-order chi connectivity index (χ0) is 49.6. The third kappa shape index (κ3) is 11.4. The van der Waals surface area contributed by atoms with Gasteiger partial charge in [0.05, 0.1) is 46.3 Å². The lowest BCUT2D eigenvalue weighted by atomic mass is 9.80. The maximum atomic E-state index is 13.6. The highest BCUT2D eigenvalue weighted by Gasteiger charge is 2.54. The molecular weight excluding hydrogens is 902 g/mol. The van der Waals surface area contributed by atoms with Crippen LogP contribution in [0.2, 0.25) is 18.1 Å². The monoisotopic (exact) mass is 969 g/mol. The van der Waals surface area contributed by atoms with E-state index in [1.807, 2.05) is 78.9 Å². The SMILES string of the molecule is COc1ccc(C(OCC2OC(n3cnc4c(=O)[nH]c(NC(=O)C(C)C)nc43)C(OP(OCCC#N)N(C(C)C)C(C)C)C2O[Si](C)(C)C(C)(C)C)(c2ccccc2)c2ccc(OC)cc2)cc1. The number of carbonyl (C=O) groups excluding carboxylic acids is 1. The van der Waals surface area contributed by atoms with Crippen molar-refractivity contribution in [2.24, 2.45) is 5.92 Å². The average Bonchev–Trinajstić information content (AvgIpc) is 3.87. The number of hydrogen-bond donors (Lipinski definition) is 2. The molecule has 0 saturated carbocycles. The molecule has 1 aliphatic rings. The van der Waals surface area contributed by atoms with Crippen molar-refractivity contribution in [1.29, 1.82) is 5.26 Å². The number of amides is 1. The van der Waals surface area contributed by atoms with Crippen LogP contribution < -0.4 is 20.3 Å². The molecule has 5 unspecified atom stereocenters. The second-order valence-corrected chi connectivity index (χ2v) is 25.4. The highest BCUT2D eigenvalue weighted by Crippen LogP contribution is 2.53. The number of anilines is 1. The van der Waals surface area contributed by atoms with E-state index >= 15 is 0 Å². The Balaban J connectivity index is 1.58. The van der Waals surface area contributed by atoms with Crippen LogP contribution in [0.5, 0.6) is 11.5 Å². The molecule has 5 atom stereocenters. The number of benzene rings is 3. The molecule has 3 heterocycles. The fourth-order valence-corrected chi connectivity index (χ4v) is 11.0. The van der Waals surface area contributed by atoms with E-state index in [4.69, 9.17) is 37.4 Å². The first-order chi connectivity index (χ1) is 32.3. The number of H-pyrrole nitrogens is 1. The Morgan fingerprint density at radius 3 is 2.00 bits per heavy atom. The minimum atomic E-state index is -2.69. The van der Waals surface area contributed by atoms with Crippen LogP contribution in [0.4, 0.5) is 5.95 Å². The first-order valence-electron chi connectivity index (χ1n) is 23.1. The van der Waals surface area contributed by atoms with E-state index < -0.39 is 52.5 Å². The summed E-state index contributed by atoms with van der Waals surface area (Å²) in [5.74, 6) is 0.636. The maximum Gasteiger partial charge on any atom is 0.280 e. The molecule has 0 spiro atoms. The fraction of sp³-hybridized carbons (Fsp3) is 0.500. The Bertz CT molecular complexity index is 2490. The molecule has 1 saturated heterocycles. The summed E-state index contributed by atoms with van der Waals surface area (Å²) in [4.78, 5) is 38.5. The molecule has 18 heteroatoms. The van der Waals surface area contributed by atoms with Crippen LogP contribution in [0.25, 0.3) is 11.2 Å². The van der Waals surface area contributed by atoms with Crippen LogP contribution >= 0.6 is 8.53 Å². The van der Waals surface area contributed by atoms with E-state index in [-0.39, 0.29) is 65.7 Å². The summed E-state index contributed by atoms with van der Waals surface area (Å²) < 4.78 is 51.2. The summed E-state index contributed by atoms with van der Waals surface area (Å²) in [7, 11) is -1.29. The number of methoxy groups -OCH3 is 2. The molecule has 1 amide bonds. The predicted octanol–water partition coefficient (Wildman–Crippen LogP) is 9.69. The van der Waals surface area contributed by atoms with Gasteiger partial charge >= 0.3 is 0 Å². The molecule has 366 valence electrons. The van der Waals surface area contributed by atoms with Crippen LogP contribution in [0.1, 0.15) is 91.7 Å². The average molecular weight is 970 g/mol. The van der Waals surface area contributed by atoms with Crippen LogP contribution in [0, 0.1) is 17.2 Å². The van der Waals surface area contributed by atoms with Crippen molar-refractivity contribution in [2.45, 2.75) is 129 Å². The van der Waals surface area contributed by atoms with Gasteiger partial charge < -0.3 is 32.4 Å². The first-order valence-corrected chi connectivity index (χ1v) is 27.1. The summed E-state index contributed by atoms with van der Waals surface area (Å²) in [5, 5.41) is 12.1. The molecule has 0 radical (unpaired) electrons. The number of hydrogen-bond acceptors (Lipinski definition) is 13. The van der Waals surface area contributed by atoms with Gasteiger partial charge in [-0.05, 0) is 86.8 Å². The third-order valence-electron chi connectivity index (χ3n) is 12.5. The number of nitrogens with one attached hydrogen (secondary N) is 2. The van der Waals surface area contributed by atoms with Gasteiger partial charge in [0.2, 0.25) is 11.9 Å². The largest absolute Gasteiger partial charge is 0.497 e. The van der Waals surface area contributed by atoms with Crippen molar-refractivity contribution < 1.29 is 37.2 Å². The van der Waals surface area contributed by atoms with Gasteiger partial charge in [0.25, 0.3) is 14.1 Å². The van der Waals surface area contributed by atoms with E-state index in [9.17, 15) is 14.9 Å². The van der Waals surface area contributed by atoms with E-state index in [2.05, 4.69) is 87.6 Å². The Kier molecular flexibility index (Phi) is 17.1. The summed E-state index contributed by atoms with van der Waals surface area (Å²) in [6.07, 6.45) is -1.92. The highest BCUT2D eigenvalue weighted by molar-refractivity contribution is 7.44. The van der Waals surface area contributed by atoms with Gasteiger partial charge in [-0.25, -0.2) is 9.65 Å². The van der Waals surface area contributed by atoms with E-state index in [0.717, 1.165) is 16.7 Å². The van der Waals surface area contributed by atoms with Crippen molar-refractivity contribution in [3.63, 3.8) is 0 Å². The van der Waals surface area contributed by atoms with Gasteiger partial charge in [-0.1, -0.05) is 89.2 Å². The fourth-order valence-electron chi connectivity index (χ4n) is 7.95. The number of ether oxygens (including phenoxy) is 4. The zero-order valence-corrected chi connectivity index (χ0v) is 43.5. The number of imidazole rings is 1. The second-order valence-electron chi connectivity index (χ2n) is 19.2. The molecular formula is C50H68N7O9PSi. The summed E-state index contributed by atoms with van der Waals surface area (Å²) in [5.41, 5.74) is 0.967. The lowest BCUT2D eigenvalue weighted by molar-refractivity contribution is -0.118. The quantitative estimate of drug-likeness (QED) is 0.0307. The normalized spacial score (nSPS) is 18.4. The summed E-state index contributed by atoms with van der Waals surface area (Å²) in [6.45, 7) is 22.8. The molecule has 1 fully saturated rings. The second kappa shape index (κ2) is 22.2. The topological polar surface area (TPSA) is 184 Å². The van der Waals surface area contributed by atoms with Crippen LogP contribution in [-0.2, 0) is 33.3 Å². The Labute approximate surface area is 402 Å². The van der Waals surface area contributed by atoms with E-state index in [0.29, 0.717) is 11.5 Å². The lowest BCUT2D eigenvalue weighted by Gasteiger charge is -2.43. The minimum absolute atomic E-state index is 0.0234. The number of fused-ring (bicyclic) bond motifs is 1. The van der Waals surface area contributed by atoms with Crippen LogP contribution in [0.15, 0.2) is 90.0 Å². The molecule has 0 aliphatic carbocycles. The first kappa shape index (κ1) is 52.4. The summed E-state index contributed by atoms with van der Waals surface area (Å²) >= 11 is 0. The number of aromatic amines is 1. The number of rotatable bonds is 21. The van der Waals surface area contributed by atoms with Crippen molar-refractivity contribution in [3.8, 4) is 17.6 Å². The zero-order valence-electron chi connectivity index (χ0n) is 41.6. The van der Waals surface area contributed by atoms with Crippen LogP contribution in [-0.4, -0.2) is 96.2 Å². The van der Waals surface area contributed by atoms with Crippen LogP contribution in [0.3, 0.4) is 0 Å². The Hall–Kier alpha value is -5.02. The smallest absolute Gasteiger partial charge is 0.280 e. The molecule has 0 bridgehead atoms. The number of carbonyl (C=O) groups is 1. The summed E-state index contributed by atoms with van der Waals surface area (Å²) in [6, 6.07) is 27.8. The van der Waals surface area contributed by atoms with E-state index in [1.165, 1.54) is 6.33 Å². The molecule has 3 aromatic carbocycles. The predicted molar refractivity (Wildman–Crippen MR) is 266 cm³/mol. The van der Waals surface area contributed by atoms with Crippen molar-refractivity contribution in [1.82, 2.24) is 24.2 Å². The number of aromatic nitrogens is 4. The molecule has 68 heavy (non-hydrogen) atoms. The van der Waals surface area contributed by atoms with Gasteiger partial charge in [0, 0.05) is 18.0 Å². The molecule has 16 nitrogen and oxygen atoms in total. The van der Waals surface area contributed by atoms with Gasteiger partial charge in [-0.2, -0.15) is 10.2 Å². The minimum Gasteiger partial charge on any atom is -0.497 e. The molecule has 2 N–H and O–H groups in total. The maximum absolute atomic E-state index is 13.6. The Morgan fingerprint density at radius 2 is 1.49 bits per heavy atom. The number of nitriles is 1.